The summed E-state index contributed by atoms with van der Waals surface area (Å²) in [7, 11) is -4.17. The lowest BCUT2D eigenvalue weighted by Gasteiger charge is -2.14. The van der Waals surface area contributed by atoms with E-state index < -0.39 is 19.6 Å². The largest absolute Gasteiger partial charge is 0.756 e. The van der Waals surface area contributed by atoms with Crippen LogP contribution in [-0.4, -0.2) is 22.3 Å². The molecule has 0 amide bonds. The van der Waals surface area contributed by atoms with Crippen LogP contribution in [-0.2, 0) is 20.2 Å². The maximum absolute atomic E-state index is 11.3. The molecule has 9 heteroatoms. The van der Waals surface area contributed by atoms with Crippen molar-refractivity contribution in [2.75, 3.05) is 12.3 Å². The fraction of sp³-hybridized carbons (Fsp3) is 0.429. The number of aromatic nitrogens is 2. The number of hydrogen-bond acceptors (Lipinski definition) is 7. The molecule has 0 aliphatic carbocycles. The van der Waals surface area contributed by atoms with Gasteiger partial charge in [-0.1, -0.05) is 0 Å². The summed E-state index contributed by atoms with van der Waals surface area (Å²) in [5.74, 6) is 0.110. The zero-order valence-corrected chi connectivity index (χ0v) is 9.00. The first-order chi connectivity index (χ1) is 7.46. The van der Waals surface area contributed by atoms with Crippen molar-refractivity contribution >= 4 is 13.6 Å². The summed E-state index contributed by atoms with van der Waals surface area (Å²) in [6.45, 7) is -0.0457. The smallest absolute Gasteiger partial charge is 0.349 e. The average molecular weight is 246 g/mol. The summed E-state index contributed by atoms with van der Waals surface area (Å²) < 4.78 is 21.0. The fourth-order valence-electron chi connectivity index (χ4n) is 1.30. The highest BCUT2D eigenvalue weighted by molar-refractivity contribution is 7.46. The third-order valence-corrected chi connectivity index (χ3v) is 3.01. The number of rotatable bonds is 2. The molecule has 1 aromatic heterocycles. The maximum atomic E-state index is 11.3. The van der Waals surface area contributed by atoms with Crippen LogP contribution < -0.4 is 16.3 Å². The molecule has 8 nitrogen and oxygen atoms in total. The monoisotopic (exact) mass is 246 g/mol. The third-order valence-electron chi connectivity index (χ3n) is 1.99. The quantitative estimate of drug-likeness (QED) is 0.644. The SMILES string of the molecule is Nc1ccn(CC2COP(=O)([O-])O2)c(=O)n1. The lowest BCUT2D eigenvalue weighted by atomic mass is 10.4. The number of hydrogen-bond donors (Lipinski definition) is 1. The van der Waals surface area contributed by atoms with E-state index in [0.717, 1.165) is 0 Å². The summed E-state index contributed by atoms with van der Waals surface area (Å²) >= 11 is 0. The fourth-order valence-corrected chi connectivity index (χ4v) is 2.21. The summed E-state index contributed by atoms with van der Waals surface area (Å²) in [6, 6.07) is 1.44. The number of phosphoric ester groups is 1. The lowest BCUT2D eigenvalue weighted by molar-refractivity contribution is -0.215. The molecule has 2 rings (SSSR count). The van der Waals surface area contributed by atoms with Crippen LogP contribution in [0.3, 0.4) is 0 Å². The van der Waals surface area contributed by atoms with E-state index in [4.69, 9.17) is 5.73 Å². The molecule has 0 saturated carbocycles. The minimum absolute atomic E-state index is 0.0539. The Morgan fingerprint density at radius 3 is 3.06 bits per heavy atom. The van der Waals surface area contributed by atoms with Gasteiger partial charge in [-0.15, -0.1) is 0 Å². The number of nitrogen functional groups attached to an aromatic ring is 1. The van der Waals surface area contributed by atoms with E-state index >= 15 is 0 Å². The molecule has 2 N–H and O–H groups in total. The van der Waals surface area contributed by atoms with Crippen molar-refractivity contribution in [2.24, 2.45) is 0 Å². The zero-order chi connectivity index (χ0) is 11.8. The zero-order valence-electron chi connectivity index (χ0n) is 8.11. The molecule has 1 aliphatic rings. The predicted octanol–water partition coefficient (Wildman–Crippen LogP) is -1.29. The van der Waals surface area contributed by atoms with Crippen molar-refractivity contribution in [3.8, 4) is 0 Å². The van der Waals surface area contributed by atoms with Gasteiger partial charge in [-0.3, -0.25) is 9.13 Å². The molecule has 1 saturated heterocycles. The van der Waals surface area contributed by atoms with Crippen LogP contribution in [0, 0.1) is 0 Å². The molecule has 2 atom stereocenters. The summed E-state index contributed by atoms with van der Waals surface area (Å²) in [6.07, 6.45) is 0.716. The van der Waals surface area contributed by atoms with Crippen molar-refractivity contribution < 1.29 is 18.5 Å². The molecule has 0 radical (unpaired) electrons. The van der Waals surface area contributed by atoms with E-state index in [1.165, 1.54) is 16.8 Å². The van der Waals surface area contributed by atoms with Gasteiger partial charge in [-0.05, 0) is 6.07 Å². The molecule has 1 aromatic rings. The van der Waals surface area contributed by atoms with Gasteiger partial charge in [0.25, 0.3) is 7.82 Å². The Balaban J connectivity index is 2.11. The van der Waals surface area contributed by atoms with Crippen LogP contribution in [0.25, 0.3) is 0 Å². The van der Waals surface area contributed by atoms with Crippen molar-refractivity contribution in [1.29, 1.82) is 0 Å². The van der Waals surface area contributed by atoms with E-state index in [9.17, 15) is 14.3 Å². The Morgan fingerprint density at radius 2 is 2.50 bits per heavy atom. The first-order valence-corrected chi connectivity index (χ1v) is 5.89. The molecule has 1 fully saturated rings. The van der Waals surface area contributed by atoms with Crippen molar-refractivity contribution in [1.82, 2.24) is 9.55 Å². The van der Waals surface area contributed by atoms with Gasteiger partial charge in [0.05, 0.1) is 13.2 Å². The molecule has 88 valence electrons. The van der Waals surface area contributed by atoms with Crippen LogP contribution in [0.2, 0.25) is 0 Å². The number of nitrogens with zero attached hydrogens (tertiary/aromatic N) is 2. The Hall–Kier alpha value is -1.21. The Morgan fingerprint density at radius 1 is 1.75 bits per heavy atom. The van der Waals surface area contributed by atoms with E-state index in [1.807, 2.05) is 0 Å². The van der Waals surface area contributed by atoms with E-state index in [0.29, 0.717) is 0 Å². The molecular weight excluding hydrogens is 237 g/mol. The molecule has 2 heterocycles. The van der Waals surface area contributed by atoms with E-state index in [2.05, 4.69) is 14.0 Å². The normalized spacial score (nSPS) is 29.4. The molecule has 1 aliphatic heterocycles. The topological polar surface area (TPSA) is 120 Å². The van der Waals surface area contributed by atoms with Crippen LogP contribution in [0.5, 0.6) is 0 Å². The van der Waals surface area contributed by atoms with E-state index in [-0.39, 0.29) is 19.0 Å². The van der Waals surface area contributed by atoms with Gasteiger partial charge in [-0.25, -0.2) is 4.79 Å². The standard InChI is InChI=1S/C7H10N3O5P/c8-6-1-2-10(7(11)9-6)3-5-4-14-16(12,13)15-5/h1-2,5H,3-4H2,(H,12,13)(H2,8,9,11)/p-1. The summed E-state index contributed by atoms with van der Waals surface area (Å²) in [5, 5.41) is 0. The van der Waals surface area contributed by atoms with Gasteiger partial charge < -0.3 is 19.7 Å². The molecule has 2 unspecified atom stereocenters. The summed E-state index contributed by atoms with van der Waals surface area (Å²) in [4.78, 5) is 25.6. The average Bonchev–Trinajstić information content (AvgIpc) is 2.51. The van der Waals surface area contributed by atoms with Gasteiger partial charge in [0.1, 0.15) is 11.9 Å². The van der Waals surface area contributed by atoms with Crippen molar-refractivity contribution in [3.05, 3.63) is 22.7 Å². The summed E-state index contributed by atoms with van der Waals surface area (Å²) in [5.41, 5.74) is 4.74. The molecule has 0 bridgehead atoms. The lowest BCUT2D eigenvalue weighted by Crippen LogP contribution is -2.29. The first kappa shape index (κ1) is 11.3. The van der Waals surface area contributed by atoms with Gasteiger partial charge in [0, 0.05) is 6.20 Å². The van der Waals surface area contributed by atoms with Gasteiger partial charge in [-0.2, -0.15) is 4.98 Å². The van der Waals surface area contributed by atoms with Gasteiger partial charge in [0.2, 0.25) is 0 Å². The number of phosphoric acid groups is 1. The Kier molecular flexibility index (Phi) is 2.81. The second-order valence-corrected chi connectivity index (χ2v) is 4.62. The third kappa shape index (κ3) is 2.48. The predicted molar refractivity (Wildman–Crippen MR) is 51.3 cm³/mol. The second-order valence-electron chi connectivity index (χ2n) is 3.26. The first-order valence-electron chi connectivity index (χ1n) is 4.43. The molecule has 0 aromatic carbocycles. The molecular formula is C7H9N3O5P-. The van der Waals surface area contributed by atoms with Crippen LogP contribution in [0.1, 0.15) is 0 Å². The van der Waals surface area contributed by atoms with Crippen LogP contribution in [0.4, 0.5) is 5.82 Å². The molecule has 16 heavy (non-hydrogen) atoms. The maximum Gasteiger partial charge on any atom is 0.349 e. The highest BCUT2D eigenvalue weighted by Gasteiger charge is 2.27. The van der Waals surface area contributed by atoms with Crippen LogP contribution >= 0.6 is 7.82 Å². The minimum Gasteiger partial charge on any atom is -0.756 e. The van der Waals surface area contributed by atoms with Gasteiger partial charge in [0.15, 0.2) is 0 Å². The number of nitrogens with two attached hydrogens (primary N) is 1. The second kappa shape index (κ2) is 3.99. The minimum atomic E-state index is -4.17. The molecule has 0 spiro atoms. The van der Waals surface area contributed by atoms with Crippen LogP contribution in [0.15, 0.2) is 17.1 Å². The van der Waals surface area contributed by atoms with E-state index in [1.54, 1.807) is 0 Å². The number of anilines is 1. The highest BCUT2D eigenvalue weighted by atomic mass is 31.2. The van der Waals surface area contributed by atoms with Crippen molar-refractivity contribution in [3.63, 3.8) is 0 Å². The highest BCUT2D eigenvalue weighted by Crippen LogP contribution is 2.45. The van der Waals surface area contributed by atoms with Gasteiger partial charge >= 0.3 is 5.69 Å². The Labute approximate surface area is 90.2 Å². The van der Waals surface area contributed by atoms with Crippen molar-refractivity contribution in [2.45, 2.75) is 12.6 Å². The Bertz CT molecular complexity index is 501.